The van der Waals surface area contributed by atoms with E-state index in [0.717, 1.165) is 15.8 Å². The zero-order valence-corrected chi connectivity index (χ0v) is 13.1. The lowest BCUT2D eigenvalue weighted by Crippen LogP contribution is -2.19. The van der Waals surface area contributed by atoms with Gasteiger partial charge in [-0.3, -0.25) is 4.79 Å². The maximum absolute atomic E-state index is 11.7. The minimum Gasteiger partial charge on any atom is -0.273 e. The molecular formula is C16H12ClN3OS. The molecule has 4 nitrogen and oxygen atoms in total. The first-order chi connectivity index (χ1) is 10.7. The number of carbonyl (C=O) groups is 1. The molecule has 0 aliphatic rings. The lowest BCUT2D eigenvalue weighted by molar-refractivity contribution is -0.120. The van der Waals surface area contributed by atoms with Crippen LogP contribution < -0.4 is 5.43 Å². The summed E-state index contributed by atoms with van der Waals surface area (Å²) in [5.74, 6) is -0.163. The number of hydrazone groups is 1. The number of hydrogen-bond acceptors (Lipinski definition) is 4. The summed E-state index contributed by atoms with van der Waals surface area (Å²) in [4.78, 5) is 17.0. The standard InChI is InChI=1S/C16H12ClN3OS/c17-16-12(8-11-4-1-2-6-14(11)19-16)10-18-20-15(21)9-13-5-3-7-22-13/h1-8,10H,9H2,(H,20,21). The summed E-state index contributed by atoms with van der Waals surface area (Å²) < 4.78 is 0. The van der Waals surface area contributed by atoms with Gasteiger partial charge in [0, 0.05) is 15.8 Å². The van der Waals surface area contributed by atoms with Crippen molar-refractivity contribution in [2.45, 2.75) is 6.42 Å². The number of nitrogens with zero attached hydrogens (tertiary/aromatic N) is 2. The largest absolute Gasteiger partial charge is 0.273 e. The van der Waals surface area contributed by atoms with Crippen LogP contribution in [0.2, 0.25) is 5.15 Å². The van der Waals surface area contributed by atoms with Gasteiger partial charge in [-0.2, -0.15) is 5.10 Å². The second-order valence-corrected chi connectivity index (χ2v) is 6.00. The van der Waals surface area contributed by atoms with E-state index in [9.17, 15) is 4.79 Å². The van der Waals surface area contributed by atoms with Gasteiger partial charge in [-0.1, -0.05) is 35.9 Å². The van der Waals surface area contributed by atoms with Crippen LogP contribution in [-0.2, 0) is 11.2 Å². The van der Waals surface area contributed by atoms with E-state index in [1.807, 2.05) is 47.8 Å². The molecule has 0 fully saturated rings. The molecule has 1 aromatic carbocycles. The summed E-state index contributed by atoms with van der Waals surface area (Å²) in [5.41, 5.74) is 3.98. The first-order valence-electron chi connectivity index (χ1n) is 6.62. The van der Waals surface area contributed by atoms with E-state index in [-0.39, 0.29) is 5.91 Å². The maximum Gasteiger partial charge on any atom is 0.245 e. The molecule has 2 aromatic heterocycles. The van der Waals surface area contributed by atoms with Crippen LogP contribution in [0, 0.1) is 0 Å². The third-order valence-electron chi connectivity index (χ3n) is 3.01. The van der Waals surface area contributed by atoms with E-state index in [1.54, 1.807) is 11.3 Å². The molecule has 6 heteroatoms. The number of carbonyl (C=O) groups excluding carboxylic acids is 1. The van der Waals surface area contributed by atoms with Crippen molar-refractivity contribution in [3.8, 4) is 0 Å². The van der Waals surface area contributed by atoms with Crippen LogP contribution in [0.15, 0.2) is 52.9 Å². The van der Waals surface area contributed by atoms with Gasteiger partial charge in [0.15, 0.2) is 0 Å². The van der Waals surface area contributed by atoms with Crippen LogP contribution in [0.25, 0.3) is 10.9 Å². The number of benzene rings is 1. The summed E-state index contributed by atoms with van der Waals surface area (Å²) >= 11 is 7.66. The van der Waals surface area contributed by atoms with Crippen LogP contribution in [0.5, 0.6) is 0 Å². The fourth-order valence-electron chi connectivity index (χ4n) is 1.98. The predicted octanol–water partition coefficient (Wildman–Crippen LogP) is 3.64. The molecule has 0 atom stereocenters. The fourth-order valence-corrected chi connectivity index (χ4v) is 2.88. The number of aromatic nitrogens is 1. The molecule has 0 aliphatic heterocycles. The van der Waals surface area contributed by atoms with Crippen molar-refractivity contribution in [3.63, 3.8) is 0 Å². The summed E-state index contributed by atoms with van der Waals surface area (Å²) in [6.07, 6.45) is 1.83. The van der Waals surface area contributed by atoms with Gasteiger partial charge in [0.1, 0.15) is 5.15 Å². The Bertz CT molecular complexity index is 831. The maximum atomic E-state index is 11.7. The smallest absolute Gasteiger partial charge is 0.245 e. The topological polar surface area (TPSA) is 54.4 Å². The Morgan fingerprint density at radius 2 is 2.18 bits per heavy atom. The van der Waals surface area contributed by atoms with Crippen molar-refractivity contribution < 1.29 is 4.79 Å². The monoisotopic (exact) mass is 329 g/mol. The zero-order chi connectivity index (χ0) is 15.4. The average molecular weight is 330 g/mol. The van der Waals surface area contributed by atoms with Gasteiger partial charge < -0.3 is 0 Å². The highest BCUT2D eigenvalue weighted by Crippen LogP contribution is 2.18. The summed E-state index contributed by atoms with van der Waals surface area (Å²) in [7, 11) is 0. The van der Waals surface area contributed by atoms with Gasteiger partial charge in [0.25, 0.3) is 0 Å². The number of thiophene rings is 1. The molecule has 0 spiro atoms. The van der Waals surface area contributed by atoms with Gasteiger partial charge in [0.2, 0.25) is 5.91 Å². The number of halogens is 1. The Labute approximate surface area is 136 Å². The van der Waals surface area contributed by atoms with E-state index in [4.69, 9.17) is 11.6 Å². The van der Waals surface area contributed by atoms with Crippen molar-refractivity contribution in [2.24, 2.45) is 5.10 Å². The van der Waals surface area contributed by atoms with Crippen LogP contribution in [0.3, 0.4) is 0 Å². The highest BCUT2D eigenvalue weighted by Gasteiger charge is 2.04. The molecule has 2 heterocycles. The molecular weight excluding hydrogens is 318 g/mol. The quantitative estimate of drug-likeness (QED) is 0.451. The Morgan fingerprint density at radius 1 is 1.32 bits per heavy atom. The molecule has 0 radical (unpaired) electrons. The van der Waals surface area contributed by atoms with Gasteiger partial charge in [-0.25, -0.2) is 10.4 Å². The molecule has 3 rings (SSSR count). The molecule has 1 amide bonds. The van der Waals surface area contributed by atoms with E-state index in [0.29, 0.717) is 17.1 Å². The minimum atomic E-state index is -0.163. The Balaban J connectivity index is 1.69. The van der Waals surface area contributed by atoms with Crippen molar-refractivity contribution in [2.75, 3.05) is 0 Å². The highest BCUT2D eigenvalue weighted by molar-refractivity contribution is 7.10. The number of para-hydroxylation sites is 1. The molecule has 0 saturated heterocycles. The first kappa shape index (κ1) is 14.7. The predicted molar refractivity (Wildman–Crippen MR) is 90.5 cm³/mol. The Morgan fingerprint density at radius 3 is 3.00 bits per heavy atom. The lowest BCUT2D eigenvalue weighted by atomic mass is 10.2. The van der Waals surface area contributed by atoms with E-state index in [1.165, 1.54) is 6.21 Å². The first-order valence-corrected chi connectivity index (χ1v) is 7.88. The fraction of sp³-hybridized carbons (Fsp3) is 0.0625. The second kappa shape index (κ2) is 6.68. The molecule has 0 unspecified atom stereocenters. The number of hydrogen-bond donors (Lipinski definition) is 1. The summed E-state index contributed by atoms with van der Waals surface area (Å²) in [6, 6.07) is 13.4. The van der Waals surface area contributed by atoms with E-state index < -0.39 is 0 Å². The van der Waals surface area contributed by atoms with E-state index in [2.05, 4.69) is 15.5 Å². The van der Waals surface area contributed by atoms with Crippen LogP contribution in [0.1, 0.15) is 10.4 Å². The third-order valence-corrected chi connectivity index (χ3v) is 4.19. The number of nitrogens with one attached hydrogen (secondary N) is 1. The third kappa shape index (κ3) is 3.50. The summed E-state index contributed by atoms with van der Waals surface area (Å²) in [5, 5.41) is 7.21. The lowest BCUT2D eigenvalue weighted by Gasteiger charge is -2.02. The SMILES string of the molecule is O=C(Cc1cccs1)NN=Cc1cc2ccccc2nc1Cl. The normalized spacial score (nSPS) is 11.1. The van der Waals surface area contributed by atoms with Crippen molar-refractivity contribution in [1.29, 1.82) is 0 Å². The van der Waals surface area contributed by atoms with Crippen molar-refractivity contribution in [1.82, 2.24) is 10.4 Å². The molecule has 3 aromatic rings. The Kier molecular flexibility index (Phi) is 4.46. The van der Waals surface area contributed by atoms with Crippen LogP contribution in [-0.4, -0.2) is 17.1 Å². The average Bonchev–Trinajstić information content (AvgIpc) is 3.00. The van der Waals surface area contributed by atoms with E-state index >= 15 is 0 Å². The number of fused-ring (bicyclic) bond motifs is 1. The zero-order valence-electron chi connectivity index (χ0n) is 11.5. The van der Waals surface area contributed by atoms with Crippen molar-refractivity contribution in [3.05, 3.63) is 63.4 Å². The number of rotatable bonds is 4. The second-order valence-electron chi connectivity index (χ2n) is 4.61. The number of pyridine rings is 1. The summed E-state index contributed by atoms with van der Waals surface area (Å²) in [6.45, 7) is 0. The molecule has 1 N–H and O–H groups in total. The number of amides is 1. The van der Waals surface area contributed by atoms with Crippen molar-refractivity contribution >= 4 is 46.0 Å². The van der Waals surface area contributed by atoms with Gasteiger partial charge >= 0.3 is 0 Å². The minimum absolute atomic E-state index is 0.163. The molecule has 0 aliphatic carbocycles. The molecule has 0 bridgehead atoms. The van der Waals surface area contributed by atoms with Crippen LogP contribution in [0.4, 0.5) is 0 Å². The van der Waals surface area contributed by atoms with Gasteiger partial charge in [0.05, 0.1) is 18.2 Å². The highest BCUT2D eigenvalue weighted by atomic mass is 35.5. The Hall–Kier alpha value is -2.24. The van der Waals surface area contributed by atoms with Crippen LogP contribution >= 0.6 is 22.9 Å². The van der Waals surface area contributed by atoms with Gasteiger partial charge in [-0.05, 0) is 23.6 Å². The molecule has 0 saturated carbocycles. The molecule has 110 valence electrons. The van der Waals surface area contributed by atoms with Gasteiger partial charge in [-0.15, -0.1) is 11.3 Å². The molecule has 22 heavy (non-hydrogen) atoms.